The third-order valence-corrected chi connectivity index (χ3v) is 4.00. The highest BCUT2D eigenvalue weighted by Gasteiger charge is 2.17. The Morgan fingerprint density at radius 2 is 2.08 bits per heavy atom. The Morgan fingerprint density at radius 1 is 1.27 bits per heavy atom. The summed E-state index contributed by atoms with van der Waals surface area (Å²) in [4.78, 5) is 10.7. The molecule has 0 saturated carbocycles. The van der Waals surface area contributed by atoms with Gasteiger partial charge in [-0.25, -0.2) is 9.18 Å². The number of amides is 1. The van der Waals surface area contributed by atoms with E-state index in [1.54, 1.807) is 37.4 Å². The molecule has 1 amide bonds. The molecule has 0 fully saturated rings. The van der Waals surface area contributed by atoms with Crippen molar-refractivity contribution < 1.29 is 28.6 Å². The van der Waals surface area contributed by atoms with Gasteiger partial charge in [0.05, 0.1) is 6.61 Å². The SMILES string of the molecule is COCc1cc2cc(CO)cc(-c3cccc(CNC(=O)O)c3F)c2o1. The first kappa shape index (κ1) is 17.9. The van der Waals surface area contributed by atoms with E-state index in [9.17, 15) is 14.3 Å². The van der Waals surface area contributed by atoms with Crippen molar-refractivity contribution in [1.29, 1.82) is 0 Å². The van der Waals surface area contributed by atoms with E-state index in [1.807, 2.05) is 0 Å². The summed E-state index contributed by atoms with van der Waals surface area (Å²) in [6.07, 6.45) is -1.23. The summed E-state index contributed by atoms with van der Waals surface area (Å²) in [6, 6.07) is 9.97. The maximum Gasteiger partial charge on any atom is 0.404 e. The predicted octanol–water partition coefficient (Wildman–Crippen LogP) is 3.65. The largest absolute Gasteiger partial charge is 0.465 e. The molecule has 1 aromatic heterocycles. The van der Waals surface area contributed by atoms with E-state index >= 15 is 0 Å². The number of fused-ring (bicyclic) bond motifs is 1. The van der Waals surface area contributed by atoms with E-state index in [2.05, 4.69) is 5.32 Å². The second-order valence-corrected chi connectivity index (χ2v) is 5.80. The van der Waals surface area contributed by atoms with Crippen LogP contribution in [-0.4, -0.2) is 23.4 Å². The van der Waals surface area contributed by atoms with Gasteiger partial charge in [0.1, 0.15) is 23.8 Å². The number of carboxylic acid groups (broad SMARTS) is 1. The quantitative estimate of drug-likeness (QED) is 0.625. The van der Waals surface area contributed by atoms with Crippen molar-refractivity contribution in [2.45, 2.75) is 19.8 Å². The van der Waals surface area contributed by atoms with E-state index in [1.165, 1.54) is 6.07 Å². The van der Waals surface area contributed by atoms with Gasteiger partial charge in [-0.1, -0.05) is 18.2 Å². The minimum absolute atomic E-state index is 0.148. The minimum Gasteiger partial charge on any atom is -0.465 e. The zero-order valence-electron chi connectivity index (χ0n) is 14.1. The van der Waals surface area contributed by atoms with Gasteiger partial charge in [-0.15, -0.1) is 0 Å². The van der Waals surface area contributed by atoms with E-state index < -0.39 is 11.9 Å². The maximum absolute atomic E-state index is 15.0. The number of carbonyl (C=O) groups is 1. The average Bonchev–Trinajstić information content (AvgIpc) is 3.02. The van der Waals surface area contributed by atoms with Crippen molar-refractivity contribution in [1.82, 2.24) is 5.32 Å². The van der Waals surface area contributed by atoms with Gasteiger partial charge in [0.15, 0.2) is 0 Å². The highest BCUT2D eigenvalue weighted by atomic mass is 19.1. The number of benzene rings is 2. The van der Waals surface area contributed by atoms with Crippen LogP contribution in [-0.2, 0) is 24.5 Å². The zero-order chi connectivity index (χ0) is 18.7. The molecular weight excluding hydrogens is 341 g/mol. The molecule has 0 radical (unpaired) electrons. The maximum atomic E-state index is 15.0. The van der Waals surface area contributed by atoms with Crippen LogP contribution >= 0.6 is 0 Å². The minimum atomic E-state index is -1.23. The molecule has 0 spiro atoms. The van der Waals surface area contributed by atoms with Crippen molar-refractivity contribution in [3.8, 4) is 11.1 Å². The first-order valence-electron chi connectivity index (χ1n) is 7.93. The van der Waals surface area contributed by atoms with Crippen molar-refractivity contribution in [2.75, 3.05) is 7.11 Å². The van der Waals surface area contributed by atoms with Crippen molar-refractivity contribution >= 4 is 17.1 Å². The van der Waals surface area contributed by atoms with Gasteiger partial charge in [-0.2, -0.15) is 0 Å². The molecule has 0 atom stereocenters. The Kier molecular flexibility index (Phi) is 5.20. The Morgan fingerprint density at radius 3 is 2.77 bits per heavy atom. The smallest absolute Gasteiger partial charge is 0.404 e. The van der Waals surface area contributed by atoms with E-state index in [4.69, 9.17) is 14.3 Å². The number of nitrogens with one attached hydrogen (secondary N) is 1. The van der Waals surface area contributed by atoms with Crippen LogP contribution in [0.2, 0.25) is 0 Å². The van der Waals surface area contributed by atoms with Gasteiger partial charge in [-0.3, -0.25) is 0 Å². The molecule has 3 N–H and O–H groups in total. The number of aliphatic hydroxyl groups is 1. The van der Waals surface area contributed by atoms with Gasteiger partial charge in [0.2, 0.25) is 0 Å². The van der Waals surface area contributed by atoms with E-state index in [0.29, 0.717) is 22.5 Å². The highest BCUT2D eigenvalue weighted by Crippen LogP contribution is 2.35. The molecule has 0 unspecified atom stereocenters. The van der Waals surface area contributed by atoms with Gasteiger partial charge in [0, 0.05) is 35.7 Å². The third kappa shape index (κ3) is 3.54. The molecule has 26 heavy (non-hydrogen) atoms. The molecule has 7 heteroatoms. The zero-order valence-corrected chi connectivity index (χ0v) is 14.1. The summed E-state index contributed by atoms with van der Waals surface area (Å²) in [5.41, 5.74) is 2.08. The summed E-state index contributed by atoms with van der Waals surface area (Å²) in [5.74, 6) is 0.0466. The second-order valence-electron chi connectivity index (χ2n) is 5.80. The van der Waals surface area contributed by atoms with Crippen LogP contribution < -0.4 is 5.32 Å². The van der Waals surface area contributed by atoms with Crippen LogP contribution in [0.25, 0.3) is 22.1 Å². The number of furan rings is 1. The third-order valence-electron chi connectivity index (χ3n) is 4.00. The van der Waals surface area contributed by atoms with Crippen molar-refractivity contribution in [3.05, 3.63) is 59.1 Å². The number of hydrogen-bond acceptors (Lipinski definition) is 4. The fourth-order valence-corrected chi connectivity index (χ4v) is 2.87. The van der Waals surface area contributed by atoms with Crippen molar-refractivity contribution in [2.24, 2.45) is 0 Å². The van der Waals surface area contributed by atoms with Gasteiger partial charge in [0.25, 0.3) is 0 Å². The fraction of sp³-hybridized carbons (Fsp3) is 0.211. The number of ether oxygens (including phenoxy) is 1. The van der Waals surface area contributed by atoms with Crippen LogP contribution in [0.4, 0.5) is 9.18 Å². The molecule has 6 nitrogen and oxygen atoms in total. The summed E-state index contributed by atoms with van der Waals surface area (Å²) in [7, 11) is 1.55. The van der Waals surface area contributed by atoms with Crippen LogP contribution in [0.1, 0.15) is 16.9 Å². The van der Waals surface area contributed by atoms with Crippen LogP contribution in [0.3, 0.4) is 0 Å². The lowest BCUT2D eigenvalue weighted by atomic mass is 9.98. The van der Waals surface area contributed by atoms with Gasteiger partial charge < -0.3 is 24.7 Å². The molecule has 0 aliphatic carbocycles. The normalized spacial score (nSPS) is 11.0. The summed E-state index contributed by atoms with van der Waals surface area (Å²) in [5, 5.41) is 21.1. The number of halogens is 1. The Labute approximate surface area is 148 Å². The molecule has 0 saturated heterocycles. The molecule has 3 aromatic rings. The second kappa shape index (κ2) is 7.55. The molecular formula is C19H18FNO5. The topological polar surface area (TPSA) is 91.9 Å². The van der Waals surface area contributed by atoms with Gasteiger partial charge in [-0.05, 0) is 23.8 Å². The highest BCUT2D eigenvalue weighted by molar-refractivity contribution is 5.94. The van der Waals surface area contributed by atoms with Crippen molar-refractivity contribution in [3.63, 3.8) is 0 Å². The lowest BCUT2D eigenvalue weighted by Crippen LogP contribution is -2.20. The molecule has 1 heterocycles. The van der Waals surface area contributed by atoms with E-state index in [0.717, 1.165) is 5.39 Å². The summed E-state index contributed by atoms with van der Waals surface area (Å²) in [6.45, 7) is -0.0752. The van der Waals surface area contributed by atoms with Crippen LogP contribution in [0.5, 0.6) is 0 Å². The predicted molar refractivity (Wildman–Crippen MR) is 93.1 cm³/mol. The number of rotatable bonds is 6. The Hall–Kier alpha value is -2.90. The lowest BCUT2D eigenvalue weighted by molar-refractivity contribution is 0.166. The first-order chi connectivity index (χ1) is 12.5. The Bertz CT molecular complexity index is 950. The monoisotopic (exact) mass is 359 g/mol. The standard InChI is InChI=1S/C19H18FNO5/c1-25-10-14-7-13-5-11(9-22)6-16(18(13)26-14)15-4-2-3-12(17(15)20)8-21-19(23)24/h2-7,21-22H,8-10H2,1H3,(H,23,24). The number of hydrogen-bond donors (Lipinski definition) is 3. The van der Waals surface area contributed by atoms with Gasteiger partial charge >= 0.3 is 6.09 Å². The van der Waals surface area contributed by atoms with E-state index in [-0.39, 0.29) is 30.9 Å². The van der Waals surface area contributed by atoms with Crippen LogP contribution in [0, 0.1) is 5.82 Å². The number of aliphatic hydroxyl groups excluding tert-OH is 1. The molecule has 2 aromatic carbocycles. The molecule has 0 aliphatic rings. The first-order valence-corrected chi connectivity index (χ1v) is 7.93. The van der Waals surface area contributed by atoms with Crippen LogP contribution in [0.15, 0.2) is 40.8 Å². The average molecular weight is 359 g/mol. The summed E-state index contributed by atoms with van der Waals surface area (Å²) >= 11 is 0. The molecule has 136 valence electrons. The lowest BCUT2D eigenvalue weighted by Gasteiger charge is -2.10. The molecule has 0 bridgehead atoms. The molecule has 3 rings (SSSR count). The molecule has 0 aliphatic heterocycles. The summed E-state index contributed by atoms with van der Waals surface area (Å²) < 4.78 is 25.8. The number of methoxy groups -OCH3 is 1. The fourth-order valence-electron chi connectivity index (χ4n) is 2.87. The Balaban J connectivity index is 2.14.